The molecule has 6 aromatic carbocycles. The third kappa shape index (κ3) is 25.6. The molecule has 0 fully saturated rings. The smallest absolute Gasteiger partial charge is 0.335 e. The lowest BCUT2D eigenvalue weighted by atomic mass is 10.1. The monoisotopic (exact) mass is 1400 g/mol. The number of aromatic amines is 1. The highest BCUT2D eigenvalue weighted by atomic mass is 16.6. The summed E-state index contributed by atoms with van der Waals surface area (Å²) >= 11 is 0. The molecule has 1 aromatic heterocycles. The number of nitro groups is 2. The van der Waals surface area contributed by atoms with Crippen LogP contribution in [0.2, 0.25) is 0 Å². The van der Waals surface area contributed by atoms with Crippen LogP contribution in [0, 0.1) is 43.9 Å². The quantitative estimate of drug-likeness (QED) is 0.0114. The first-order chi connectivity index (χ1) is 47.6. The van der Waals surface area contributed by atoms with Gasteiger partial charge in [-0.15, -0.1) is 0 Å². The summed E-state index contributed by atoms with van der Waals surface area (Å²) in [6, 6.07) is 25.5. The largest absolute Gasteiger partial charge is 0.491 e. The van der Waals surface area contributed by atoms with Crippen LogP contribution in [0.15, 0.2) is 122 Å². The van der Waals surface area contributed by atoms with E-state index in [4.69, 9.17) is 37.9 Å². The number of carboxylic acid groups (broad SMARTS) is 1. The van der Waals surface area contributed by atoms with Gasteiger partial charge in [-0.2, -0.15) is 0 Å². The Balaban J connectivity index is 0.000000320. The summed E-state index contributed by atoms with van der Waals surface area (Å²) in [4.78, 5) is 107. The fourth-order valence-electron chi connectivity index (χ4n) is 8.70. The highest BCUT2D eigenvalue weighted by Crippen LogP contribution is 2.36. The number of imidazole rings is 1. The molecule has 7 N–H and O–H groups in total. The predicted octanol–water partition coefficient (Wildman–Crippen LogP) is 14.4. The number of benzene rings is 6. The number of carbonyl (C=O) groups is 6. The number of amides is 5. The zero-order chi connectivity index (χ0) is 74.3. The molecule has 0 atom stereocenters. The molecule has 28 heteroatoms. The van der Waals surface area contributed by atoms with Gasteiger partial charge in [-0.25, -0.2) is 9.78 Å². The number of carbonyl (C=O) groups excluding carboxylic acids is 5. The number of carboxylic acids is 1. The average Bonchev–Trinajstić information content (AvgIpc) is 1.14. The van der Waals surface area contributed by atoms with Crippen molar-refractivity contribution in [2.75, 3.05) is 79.4 Å². The van der Waals surface area contributed by atoms with Gasteiger partial charge in [0, 0.05) is 64.5 Å². The van der Waals surface area contributed by atoms with Crippen LogP contribution < -0.4 is 55.0 Å². The van der Waals surface area contributed by atoms with E-state index in [2.05, 4.69) is 36.6 Å². The first-order valence-corrected chi connectivity index (χ1v) is 32.6. The summed E-state index contributed by atoms with van der Waals surface area (Å²) in [6.45, 7) is 28.6. The van der Waals surface area contributed by atoms with Gasteiger partial charge in [0.25, 0.3) is 29.5 Å². The second-order valence-electron chi connectivity index (χ2n) is 26.7. The Hall–Kier alpha value is -11.1. The Labute approximate surface area is 585 Å². The van der Waals surface area contributed by atoms with E-state index in [0.717, 1.165) is 0 Å². The van der Waals surface area contributed by atoms with Crippen LogP contribution in [0.3, 0.4) is 0 Å². The normalized spacial score (nSPS) is 11.3. The van der Waals surface area contributed by atoms with Crippen molar-refractivity contribution in [3.63, 3.8) is 0 Å². The summed E-state index contributed by atoms with van der Waals surface area (Å²) in [5.74, 6) is -2.06. The maximum Gasteiger partial charge on any atom is 0.335 e. The minimum absolute atomic E-state index is 0.0116. The van der Waals surface area contributed by atoms with E-state index in [-0.39, 0.29) is 154 Å². The molecule has 7 rings (SSSR count). The van der Waals surface area contributed by atoms with Gasteiger partial charge in [0.1, 0.15) is 36.2 Å². The van der Waals surface area contributed by atoms with Gasteiger partial charge in [0.2, 0.25) is 5.95 Å². The highest BCUT2D eigenvalue weighted by molar-refractivity contribution is 6.10. The number of nitrogens with zero attached hydrogens (tertiary/aromatic N) is 3. The molecule has 0 aliphatic heterocycles. The molecular weight excluding hydrogens is 1310 g/mol. The first-order valence-electron chi connectivity index (χ1n) is 32.6. The van der Waals surface area contributed by atoms with Crippen molar-refractivity contribution in [3.05, 3.63) is 175 Å². The number of anilines is 5. The maximum absolute atomic E-state index is 13.6. The van der Waals surface area contributed by atoms with E-state index >= 15 is 0 Å². The fraction of sp³-hybridized carbons (Fsp3) is 0.384. The van der Waals surface area contributed by atoms with Gasteiger partial charge >= 0.3 is 17.3 Å². The Morgan fingerprint density at radius 3 is 0.960 bits per heavy atom. The molecule has 0 aliphatic carbocycles. The Morgan fingerprint density at radius 1 is 0.416 bits per heavy atom. The molecule has 0 saturated heterocycles. The molecule has 7 aromatic rings. The molecule has 0 aliphatic rings. The number of hydrogen-bond donors (Lipinski definition) is 7. The van der Waals surface area contributed by atoms with Gasteiger partial charge < -0.3 is 69.3 Å². The maximum atomic E-state index is 13.6. The summed E-state index contributed by atoms with van der Waals surface area (Å²) in [6.07, 6.45) is 3.10. The lowest BCUT2D eigenvalue weighted by Crippen LogP contribution is -2.22. The van der Waals surface area contributed by atoms with Gasteiger partial charge in [-0.1, -0.05) is 55.4 Å². The van der Waals surface area contributed by atoms with Crippen molar-refractivity contribution in [3.8, 4) is 34.5 Å². The zero-order valence-electron chi connectivity index (χ0n) is 59.2. The van der Waals surface area contributed by atoms with E-state index in [0.29, 0.717) is 30.2 Å². The van der Waals surface area contributed by atoms with Crippen molar-refractivity contribution >= 4 is 75.6 Å². The van der Waals surface area contributed by atoms with E-state index in [1.165, 1.54) is 97.2 Å². The lowest BCUT2D eigenvalue weighted by molar-refractivity contribution is -0.386. The van der Waals surface area contributed by atoms with Crippen molar-refractivity contribution in [1.29, 1.82) is 0 Å². The van der Waals surface area contributed by atoms with Crippen LogP contribution in [-0.2, 0) is 9.47 Å². The van der Waals surface area contributed by atoms with Gasteiger partial charge in [0.05, 0.1) is 89.0 Å². The summed E-state index contributed by atoms with van der Waals surface area (Å²) in [5.41, 5.74) is 0.684. The SMILES string of the molecule is CC(C)COc1cc(C(=O)Nc2ncc[nH]2)ccc1NC(=O)c1ccc(NC(=O)c2ccc([N+](=O)[O-])c(OCCOC(C)(C)C)c2)c(OCC(C)C)c1.CC(C)COc1cc(C(=O)O)ccc1NC(=O)c1ccc(NC(=O)c2ccc([N+](=O)[O-])c(OCCOC(C)(C)C)c2)c(OCC(C)C)c1. The minimum Gasteiger partial charge on any atom is -0.491 e. The summed E-state index contributed by atoms with van der Waals surface area (Å²) in [5, 5.41) is 46.5. The van der Waals surface area contributed by atoms with E-state index in [9.17, 15) is 54.1 Å². The molecule has 0 unspecified atom stereocenters. The van der Waals surface area contributed by atoms with Crippen LogP contribution in [0.5, 0.6) is 34.5 Å². The third-order valence-electron chi connectivity index (χ3n) is 13.6. The topological polar surface area (TPSA) is 372 Å². The second-order valence-corrected chi connectivity index (χ2v) is 26.7. The molecule has 28 nitrogen and oxygen atoms in total. The van der Waals surface area contributed by atoms with Crippen LogP contribution >= 0.6 is 0 Å². The number of nitro benzene ring substituents is 2. The number of hydrogen-bond acceptors (Lipinski definition) is 19. The molecule has 0 saturated carbocycles. The fourth-order valence-corrected chi connectivity index (χ4v) is 8.70. The number of aromatic carboxylic acids is 1. The van der Waals surface area contributed by atoms with E-state index < -0.39 is 56.6 Å². The molecule has 0 bridgehead atoms. The number of nitrogens with one attached hydrogen (secondary N) is 6. The number of aromatic nitrogens is 2. The Morgan fingerprint density at radius 2 is 0.693 bits per heavy atom. The zero-order valence-corrected chi connectivity index (χ0v) is 59.2. The van der Waals surface area contributed by atoms with Crippen LogP contribution in [-0.4, -0.2) is 124 Å². The lowest BCUT2D eigenvalue weighted by Gasteiger charge is -2.19. The van der Waals surface area contributed by atoms with E-state index in [1.54, 1.807) is 24.4 Å². The number of H-pyrrole nitrogens is 1. The molecule has 0 spiro atoms. The third-order valence-corrected chi connectivity index (χ3v) is 13.6. The Bertz CT molecular complexity index is 4050. The summed E-state index contributed by atoms with van der Waals surface area (Å²) < 4.78 is 46.3. The van der Waals surface area contributed by atoms with Gasteiger partial charge in [-0.05, 0) is 150 Å². The van der Waals surface area contributed by atoms with Gasteiger partial charge in [-0.3, -0.25) is 49.5 Å². The number of rotatable bonds is 33. The van der Waals surface area contributed by atoms with Crippen molar-refractivity contribution in [1.82, 2.24) is 9.97 Å². The molecule has 540 valence electrons. The minimum atomic E-state index is -1.13. The van der Waals surface area contributed by atoms with Crippen LogP contribution in [0.1, 0.15) is 159 Å². The molecular formula is C73H89N9O19. The molecule has 0 radical (unpaired) electrons. The highest BCUT2D eigenvalue weighted by Gasteiger charge is 2.25. The second kappa shape index (κ2) is 36.6. The van der Waals surface area contributed by atoms with Crippen LogP contribution in [0.4, 0.5) is 40.1 Å². The van der Waals surface area contributed by atoms with Crippen molar-refractivity contribution < 1.29 is 81.6 Å². The number of ether oxygens (including phenoxy) is 8. The molecule has 5 amide bonds. The first kappa shape index (κ1) is 78.9. The van der Waals surface area contributed by atoms with Crippen molar-refractivity contribution in [2.24, 2.45) is 23.7 Å². The molecule has 1 heterocycles. The predicted molar refractivity (Wildman–Crippen MR) is 381 cm³/mol. The summed E-state index contributed by atoms with van der Waals surface area (Å²) in [7, 11) is 0. The standard InChI is InChI=1S/C38H46N6O9.C35H43N3O10/c1-23(2)21-51-31-18-25(34(45)41-29-12-9-26(19-32(29)52-22-24(3)4)36(47)43-37-39-14-15-40-37)8-11-28(31)42-35(46)27-10-13-30(44(48)49)33(20-27)50-16-17-53-38(5,6)7;1-21(2)19-46-29-16-23(32(39)37-27-12-9-25(34(41)42)18-30(27)47-20-22(3)4)8-11-26(29)36-33(40)24-10-13-28(38(43)44)31(17-24)45-14-15-48-35(5,6)7/h8-15,18-20,23-24H,16-17,21-22H2,1-7H3,(H,41,45)(H,42,46)(H2,39,40,43,47);8-13,16-18,21-22H,14-15,19-20H2,1-7H3,(H,36,40)(H,37,39)(H,41,42). The van der Waals surface area contributed by atoms with E-state index in [1.807, 2.05) is 96.9 Å². The van der Waals surface area contributed by atoms with Gasteiger partial charge in [0.15, 0.2) is 11.5 Å². The van der Waals surface area contributed by atoms with Crippen molar-refractivity contribution in [2.45, 2.75) is 108 Å². The van der Waals surface area contributed by atoms with Crippen LogP contribution in [0.25, 0.3) is 0 Å². The Kier molecular flexibility index (Phi) is 28.6. The average molecular weight is 1400 g/mol. The molecule has 101 heavy (non-hydrogen) atoms.